The first-order chi connectivity index (χ1) is 12.2. The van der Waals surface area contributed by atoms with Crippen LogP contribution >= 0.6 is 0 Å². The molecule has 0 heterocycles. The quantitative estimate of drug-likeness (QED) is 0.770. The van der Waals surface area contributed by atoms with Crippen LogP contribution in [0.25, 0.3) is 10.8 Å². The molecule has 2 aromatic carbocycles. The summed E-state index contributed by atoms with van der Waals surface area (Å²) in [5, 5.41) is 31.9. The fraction of sp³-hybridized carbons (Fsp3) is 0.429. The lowest BCUT2D eigenvalue weighted by molar-refractivity contribution is -0.158. The van der Waals surface area contributed by atoms with Crippen molar-refractivity contribution in [2.45, 2.75) is 38.2 Å². The van der Waals surface area contributed by atoms with Crippen LogP contribution in [0, 0.1) is 11.3 Å². The molecule has 0 saturated heterocycles. The predicted molar refractivity (Wildman–Crippen MR) is 96.2 cm³/mol. The summed E-state index contributed by atoms with van der Waals surface area (Å²) >= 11 is 0. The second-order valence-electron chi connectivity index (χ2n) is 7.99. The van der Waals surface area contributed by atoms with Gasteiger partial charge in [-0.2, -0.15) is 0 Å². The smallest absolute Gasteiger partial charge is 0.190 e. The van der Waals surface area contributed by atoms with Crippen molar-refractivity contribution in [1.82, 2.24) is 0 Å². The average molecular weight is 354 g/mol. The Morgan fingerprint density at radius 3 is 2.69 bits per heavy atom. The Morgan fingerprint density at radius 2 is 2.00 bits per heavy atom. The van der Waals surface area contributed by atoms with Crippen LogP contribution in [0.3, 0.4) is 0 Å². The van der Waals surface area contributed by atoms with E-state index >= 15 is 0 Å². The zero-order chi connectivity index (χ0) is 18.9. The monoisotopic (exact) mass is 354 g/mol. The molecule has 26 heavy (non-hydrogen) atoms. The maximum atomic E-state index is 13.1. The van der Waals surface area contributed by atoms with Crippen molar-refractivity contribution in [1.29, 1.82) is 0 Å². The summed E-state index contributed by atoms with van der Waals surface area (Å²) in [5.74, 6) is -1.09. The minimum absolute atomic E-state index is 0.0528. The minimum Gasteiger partial charge on any atom is -0.508 e. The van der Waals surface area contributed by atoms with E-state index in [0.29, 0.717) is 12.0 Å². The Bertz CT molecular complexity index is 949. The molecular formula is C21H22O5. The van der Waals surface area contributed by atoms with Gasteiger partial charge < -0.3 is 15.3 Å². The zero-order valence-corrected chi connectivity index (χ0v) is 14.8. The van der Waals surface area contributed by atoms with Gasteiger partial charge in [0.05, 0.1) is 0 Å². The lowest BCUT2D eigenvalue weighted by Crippen LogP contribution is -2.56. The highest BCUT2D eigenvalue weighted by Gasteiger charge is 2.66. The van der Waals surface area contributed by atoms with Gasteiger partial charge in [-0.05, 0) is 52.8 Å². The summed E-state index contributed by atoms with van der Waals surface area (Å²) in [6, 6.07) is 8.67. The molecule has 0 aliphatic heterocycles. The molecule has 2 aliphatic rings. The molecule has 1 fully saturated rings. The summed E-state index contributed by atoms with van der Waals surface area (Å²) in [6.07, 6.45) is 0.625. The van der Waals surface area contributed by atoms with Gasteiger partial charge in [0.15, 0.2) is 11.6 Å². The van der Waals surface area contributed by atoms with Gasteiger partial charge in [0, 0.05) is 17.4 Å². The predicted octanol–water partition coefficient (Wildman–Crippen LogP) is 2.55. The molecule has 0 radical (unpaired) electrons. The number of aromatic hydroxyl groups is 1. The van der Waals surface area contributed by atoms with Gasteiger partial charge >= 0.3 is 0 Å². The number of ketones is 2. The van der Waals surface area contributed by atoms with Crippen LogP contribution in [-0.2, 0) is 4.79 Å². The summed E-state index contributed by atoms with van der Waals surface area (Å²) in [5.41, 5.74) is -1.20. The maximum Gasteiger partial charge on any atom is 0.190 e. The number of phenolic OH excluding ortho intramolecular Hbond substituents is 1. The first-order valence-electron chi connectivity index (χ1n) is 8.89. The average Bonchev–Trinajstić information content (AvgIpc) is 2.81. The second-order valence-corrected chi connectivity index (χ2v) is 7.99. The second kappa shape index (κ2) is 5.38. The number of Topliss-reactive ketones (excluding diaryl/α,β-unsaturated/α-hetero) is 2. The van der Waals surface area contributed by atoms with Gasteiger partial charge in [-0.25, -0.2) is 0 Å². The number of phenols is 1. The molecule has 1 saturated carbocycles. The van der Waals surface area contributed by atoms with Crippen molar-refractivity contribution in [3.05, 3.63) is 41.5 Å². The topological polar surface area (TPSA) is 94.8 Å². The molecule has 0 spiro atoms. The molecule has 4 rings (SSSR count). The molecule has 4 atom stereocenters. The van der Waals surface area contributed by atoms with E-state index in [-0.39, 0.29) is 29.8 Å². The molecule has 0 aromatic heterocycles. The fourth-order valence-electron chi connectivity index (χ4n) is 5.41. The number of hydrogen-bond acceptors (Lipinski definition) is 5. The van der Waals surface area contributed by atoms with Crippen molar-refractivity contribution in [2.75, 3.05) is 6.61 Å². The number of fused-ring (bicyclic) bond motifs is 5. The lowest BCUT2D eigenvalue weighted by Gasteiger charge is -2.45. The van der Waals surface area contributed by atoms with Crippen molar-refractivity contribution in [2.24, 2.45) is 11.3 Å². The lowest BCUT2D eigenvalue weighted by atomic mass is 9.59. The van der Waals surface area contributed by atoms with Gasteiger partial charge in [-0.3, -0.25) is 9.59 Å². The highest BCUT2D eigenvalue weighted by molar-refractivity contribution is 6.11. The molecule has 2 aliphatic carbocycles. The minimum atomic E-state index is -1.72. The van der Waals surface area contributed by atoms with Crippen LogP contribution in [0.4, 0.5) is 0 Å². The van der Waals surface area contributed by atoms with Crippen LogP contribution in [-0.4, -0.2) is 39.1 Å². The highest BCUT2D eigenvalue weighted by Crippen LogP contribution is 2.63. The number of hydrogen-bond donors (Lipinski definition) is 3. The third-order valence-corrected chi connectivity index (χ3v) is 6.73. The molecule has 5 heteroatoms. The molecular weight excluding hydrogens is 332 g/mol. The van der Waals surface area contributed by atoms with E-state index in [1.807, 2.05) is 12.1 Å². The van der Waals surface area contributed by atoms with E-state index < -0.39 is 23.4 Å². The number of aliphatic hydroxyl groups is 2. The first-order valence-corrected chi connectivity index (χ1v) is 8.89. The Balaban J connectivity index is 1.96. The highest BCUT2D eigenvalue weighted by atomic mass is 16.3. The first kappa shape index (κ1) is 17.2. The van der Waals surface area contributed by atoms with Crippen LogP contribution < -0.4 is 0 Å². The number of carbonyl (C=O) groups excluding carboxylic acids is 2. The molecule has 0 unspecified atom stereocenters. The van der Waals surface area contributed by atoms with Crippen LogP contribution in [0.15, 0.2) is 30.3 Å². The van der Waals surface area contributed by atoms with Gasteiger partial charge in [0.1, 0.15) is 18.0 Å². The zero-order valence-electron chi connectivity index (χ0n) is 14.8. The van der Waals surface area contributed by atoms with Crippen LogP contribution in [0.5, 0.6) is 5.75 Å². The molecule has 5 nitrogen and oxygen atoms in total. The summed E-state index contributed by atoms with van der Waals surface area (Å²) < 4.78 is 0. The SMILES string of the molecule is C[C@@H]1C[C@H]2c3ccc4cc(O)ccc4c3C(=O)C[C@]2(C)[C@@]1(O)C(=O)CO. The number of rotatable bonds is 2. The Labute approximate surface area is 151 Å². The summed E-state index contributed by atoms with van der Waals surface area (Å²) in [4.78, 5) is 25.5. The third kappa shape index (κ3) is 1.93. The van der Waals surface area contributed by atoms with E-state index in [1.165, 1.54) is 0 Å². The van der Waals surface area contributed by atoms with Crippen LogP contribution in [0.1, 0.15) is 48.5 Å². The Morgan fingerprint density at radius 1 is 1.27 bits per heavy atom. The van der Waals surface area contributed by atoms with Gasteiger partial charge in [0.25, 0.3) is 0 Å². The van der Waals surface area contributed by atoms with Gasteiger partial charge in [-0.15, -0.1) is 0 Å². The van der Waals surface area contributed by atoms with Crippen molar-refractivity contribution >= 4 is 22.3 Å². The number of carbonyl (C=O) groups is 2. The van der Waals surface area contributed by atoms with Crippen molar-refractivity contribution in [3.8, 4) is 5.75 Å². The van der Waals surface area contributed by atoms with E-state index in [2.05, 4.69) is 0 Å². The van der Waals surface area contributed by atoms with Crippen molar-refractivity contribution < 1.29 is 24.9 Å². The van der Waals surface area contributed by atoms with E-state index in [0.717, 1.165) is 16.3 Å². The van der Waals surface area contributed by atoms with E-state index in [4.69, 9.17) is 0 Å². The van der Waals surface area contributed by atoms with Gasteiger partial charge in [0.2, 0.25) is 0 Å². The summed E-state index contributed by atoms with van der Waals surface area (Å²) in [6.45, 7) is 2.86. The molecule has 0 bridgehead atoms. The molecule has 3 N–H and O–H groups in total. The maximum absolute atomic E-state index is 13.1. The fourth-order valence-corrected chi connectivity index (χ4v) is 5.41. The number of benzene rings is 2. The van der Waals surface area contributed by atoms with Gasteiger partial charge in [-0.1, -0.05) is 26.0 Å². The normalized spacial score (nSPS) is 33.2. The summed E-state index contributed by atoms with van der Waals surface area (Å²) in [7, 11) is 0. The molecule has 2 aromatic rings. The van der Waals surface area contributed by atoms with E-state index in [9.17, 15) is 24.9 Å². The largest absolute Gasteiger partial charge is 0.508 e. The number of aliphatic hydroxyl groups excluding tert-OH is 1. The standard InChI is InChI=1S/C21H22O5/c1-11-7-16-15-5-3-12-8-13(23)4-6-14(12)19(15)17(24)9-20(16,2)21(11,26)18(25)10-22/h3-6,8,11,16,22-23,26H,7,9-10H2,1-2H3/t11-,16+,20+,21+/m1/s1. The molecule has 136 valence electrons. The molecule has 0 amide bonds. The third-order valence-electron chi connectivity index (χ3n) is 6.73. The van der Waals surface area contributed by atoms with E-state index in [1.54, 1.807) is 32.0 Å². The Kier molecular flexibility index (Phi) is 3.56. The van der Waals surface area contributed by atoms with Crippen molar-refractivity contribution in [3.63, 3.8) is 0 Å². The Hall–Kier alpha value is -2.24. The van der Waals surface area contributed by atoms with Crippen LogP contribution in [0.2, 0.25) is 0 Å².